The molecule has 1 fully saturated rings. The van der Waals surface area contributed by atoms with Crippen molar-refractivity contribution in [2.45, 2.75) is 31.6 Å². The molecule has 0 spiro atoms. The third kappa shape index (κ3) is 4.34. The number of amides is 1. The first kappa shape index (κ1) is 20.3. The van der Waals surface area contributed by atoms with Gasteiger partial charge in [0.1, 0.15) is 10.7 Å². The molecule has 1 aliphatic heterocycles. The van der Waals surface area contributed by atoms with Crippen LogP contribution in [0.1, 0.15) is 24.0 Å². The molecule has 0 bridgehead atoms. The average molecular weight is 403 g/mol. The first-order valence-electron chi connectivity index (χ1n) is 9.32. The summed E-state index contributed by atoms with van der Waals surface area (Å²) >= 11 is 0. The van der Waals surface area contributed by atoms with E-state index in [2.05, 4.69) is 10.3 Å². The number of likely N-dealkylation sites (N-methyl/N-ethyl adjacent to an activating group) is 1. The third-order valence-electron chi connectivity index (χ3n) is 4.94. The van der Waals surface area contributed by atoms with E-state index in [1.54, 1.807) is 24.1 Å². The number of benzene rings is 1. The molecule has 0 atom stereocenters. The summed E-state index contributed by atoms with van der Waals surface area (Å²) in [5.74, 6) is 0.382. The largest absolute Gasteiger partial charge is 0.350 e. The van der Waals surface area contributed by atoms with Gasteiger partial charge in [-0.3, -0.25) is 4.79 Å². The molecule has 3 rings (SSSR count). The van der Waals surface area contributed by atoms with Gasteiger partial charge in [0.15, 0.2) is 0 Å². The van der Waals surface area contributed by atoms with Crippen LogP contribution >= 0.6 is 0 Å². The van der Waals surface area contributed by atoms with E-state index in [1.165, 1.54) is 10.5 Å². The molecule has 1 amide bonds. The maximum Gasteiger partial charge on any atom is 0.244 e. The summed E-state index contributed by atoms with van der Waals surface area (Å²) in [4.78, 5) is 18.5. The fraction of sp³-hybridized carbons (Fsp3) is 0.400. The summed E-state index contributed by atoms with van der Waals surface area (Å²) in [6.45, 7) is 5.13. The van der Waals surface area contributed by atoms with Gasteiger partial charge in [0.2, 0.25) is 15.9 Å². The second-order valence-electron chi connectivity index (χ2n) is 7.13. The lowest BCUT2D eigenvalue weighted by Crippen LogP contribution is -2.31. The smallest absolute Gasteiger partial charge is 0.244 e. The summed E-state index contributed by atoms with van der Waals surface area (Å²) in [6, 6.07) is 9.04. The molecule has 0 aliphatic carbocycles. The van der Waals surface area contributed by atoms with Crippen LogP contribution in [0.2, 0.25) is 0 Å². The highest BCUT2D eigenvalue weighted by Gasteiger charge is 2.27. The quantitative estimate of drug-likeness (QED) is 0.803. The van der Waals surface area contributed by atoms with Crippen molar-refractivity contribution < 1.29 is 13.2 Å². The highest BCUT2D eigenvalue weighted by atomic mass is 32.2. The zero-order chi connectivity index (χ0) is 20.3. The molecule has 1 N–H and O–H groups in total. The molecule has 8 heteroatoms. The van der Waals surface area contributed by atoms with Crippen LogP contribution in [0.25, 0.3) is 0 Å². The van der Waals surface area contributed by atoms with Gasteiger partial charge in [-0.1, -0.05) is 18.2 Å². The van der Waals surface area contributed by atoms with Crippen LogP contribution in [0.4, 0.5) is 11.5 Å². The molecule has 2 heterocycles. The van der Waals surface area contributed by atoms with Crippen molar-refractivity contribution in [3.05, 3.63) is 47.7 Å². The van der Waals surface area contributed by atoms with Gasteiger partial charge in [0, 0.05) is 32.0 Å². The van der Waals surface area contributed by atoms with Gasteiger partial charge in [-0.15, -0.1) is 0 Å². The highest BCUT2D eigenvalue weighted by Crippen LogP contribution is 2.22. The van der Waals surface area contributed by atoms with Crippen LogP contribution in [0, 0.1) is 13.8 Å². The number of rotatable bonds is 6. The lowest BCUT2D eigenvalue weighted by atomic mass is 10.1. The molecule has 0 saturated carbocycles. The van der Waals surface area contributed by atoms with Gasteiger partial charge in [0.05, 0.1) is 6.54 Å². The molecule has 28 heavy (non-hydrogen) atoms. The lowest BCUT2D eigenvalue weighted by molar-refractivity contribution is -0.114. The monoisotopic (exact) mass is 402 g/mol. The number of hydrogen-bond donors (Lipinski definition) is 1. The van der Waals surface area contributed by atoms with E-state index in [0.29, 0.717) is 18.9 Å². The number of nitrogens with zero attached hydrogens (tertiary/aromatic N) is 3. The zero-order valence-corrected chi connectivity index (χ0v) is 17.3. The second-order valence-corrected chi connectivity index (χ2v) is 9.07. The van der Waals surface area contributed by atoms with Crippen molar-refractivity contribution in [1.82, 2.24) is 9.29 Å². The summed E-state index contributed by atoms with van der Waals surface area (Å²) in [5.41, 5.74) is 2.83. The Morgan fingerprint density at radius 3 is 2.36 bits per heavy atom. The Bertz CT molecular complexity index is 932. The minimum absolute atomic E-state index is 0.110. The summed E-state index contributed by atoms with van der Waals surface area (Å²) in [7, 11) is -1.73. The van der Waals surface area contributed by atoms with E-state index in [4.69, 9.17) is 0 Å². The number of sulfonamides is 1. The number of hydrogen-bond acceptors (Lipinski definition) is 5. The van der Waals surface area contributed by atoms with Gasteiger partial charge in [-0.05, 0) is 49.9 Å². The predicted molar refractivity (Wildman–Crippen MR) is 110 cm³/mol. The Kier molecular flexibility index (Phi) is 6.00. The van der Waals surface area contributed by atoms with E-state index in [0.717, 1.165) is 29.7 Å². The Balaban J connectivity index is 1.66. The molecule has 7 nitrogen and oxygen atoms in total. The summed E-state index contributed by atoms with van der Waals surface area (Å²) in [6.07, 6.45) is 3.15. The number of aromatic nitrogens is 1. The molecule has 1 aliphatic rings. The van der Waals surface area contributed by atoms with Gasteiger partial charge < -0.3 is 10.2 Å². The van der Waals surface area contributed by atoms with E-state index in [-0.39, 0.29) is 17.3 Å². The van der Waals surface area contributed by atoms with Crippen molar-refractivity contribution in [1.29, 1.82) is 0 Å². The van der Waals surface area contributed by atoms with Gasteiger partial charge in [-0.25, -0.2) is 13.4 Å². The number of carbonyl (C=O) groups is 1. The van der Waals surface area contributed by atoms with Crippen LogP contribution < -0.4 is 10.2 Å². The topological polar surface area (TPSA) is 82.6 Å². The number of para-hydroxylation sites is 1. The Morgan fingerprint density at radius 1 is 1.14 bits per heavy atom. The number of aryl methyl sites for hydroxylation is 2. The van der Waals surface area contributed by atoms with Crippen molar-refractivity contribution in [2.75, 3.05) is 36.9 Å². The summed E-state index contributed by atoms with van der Waals surface area (Å²) < 4.78 is 26.6. The van der Waals surface area contributed by atoms with Crippen LogP contribution in [0.5, 0.6) is 0 Å². The van der Waals surface area contributed by atoms with E-state index >= 15 is 0 Å². The molecular formula is C20H26N4O3S. The molecule has 1 aromatic heterocycles. The Labute approximate surface area is 166 Å². The fourth-order valence-electron chi connectivity index (χ4n) is 3.32. The molecule has 1 aromatic carbocycles. The number of carbonyl (C=O) groups excluding carboxylic acids is 1. The number of nitrogens with one attached hydrogen (secondary N) is 1. The minimum atomic E-state index is -3.48. The van der Waals surface area contributed by atoms with Gasteiger partial charge >= 0.3 is 0 Å². The number of anilines is 2. The maximum absolute atomic E-state index is 12.6. The van der Waals surface area contributed by atoms with Crippen LogP contribution in [-0.2, 0) is 14.8 Å². The van der Waals surface area contributed by atoms with Crippen molar-refractivity contribution in [3.63, 3.8) is 0 Å². The predicted octanol–water partition coefficient (Wildman–Crippen LogP) is 2.56. The Hall–Kier alpha value is -2.45. The molecule has 150 valence electrons. The average Bonchev–Trinajstić information content (AvgIpc) is 3.20. The lowest BCUT2D eigenvalue weighted by Gasteiger charge is -2.20. The molecule has 2 aromatic rings. The van der Waals surface area contributed by atoms with Crippen LogP contribution in [0.15, 0.2) is 41.4 Å². The fourth-order valence-corrected chi connectivity index (χ4v) is 4.78. The first-order chi connectivity index (χ1) is 13.3. The van der Waals surface area contributed by atoms with Gasteiger partial charge in [0.25, 0.3) is 0 Å². The Morgan fingerprint density at radius 2 is 1.79 bits per heavy atom. The van der Waals surface area contributed by atoms with E-state index in [9.17, 15) is 13.2 Å². The first-order valence-corrected chi connectivity index (χ1v) is 10.8. The molecule has 0 radical (unpaired) electrons. The highest BCUT2D eigenvalue weighted by molar-refractivity contribution is 7.89. The molecule has 1 saturated heterocycles. The zero-order valence-electron chi connectivity index (χ0n) is 16.5. The van der Waals surface area contributed by atoms with Crippen LogP contribution in [0.3, 0.4) is 0 Å². The molecule has 0 unspecified atom stereocenters. The van der Waals surface area contributed by atoms with E-state index in [1.807, 2.05) is 32.0 Å². The standard InChI is InChI=1S/C20H26N4O3S/c1-15-7-6-8-16(2)20(15)22-19(25)14-23(3)18-10-9-17(13-21-18)28(26,27)24-11-4-5-12-24/h6-10,13H,4-5,11-12,14H2,1-3H3,(H,22,25). The van der Waals surface area contributed by atoms with Crippen molar-refractivity contribution in [2.24, 2.45) is 0 Å². The summed E-state index contributed by atoms with van der Waals surface area (Å²) in [5, 5.41) is 2.94. The SMILES string of the molecule is Cc1cccc(C)c1NC(=O)CN(C)c1ccc(S(=O)(=O)N2CCCC2)cn1. The minimum Gasteiger partial charge on any atom is -0.350 e. The molecular weight excluding hydrogens is 376 g/mol. The maximum atomic E-state index is 12.6. The normalized spacial score (nSPS) is 14.8. The van der Waals surface area contributed by atoms with Crippen LogP contribution in [-0.4, -0.2) is 50.3 Å². The number of pyridine rings is 1. The van der Waals surface area contributed by atoms with Crippen molar-refractivity contribution >= 4 is 27.4 Å². The second kappa shape index (κ2) is 8.28. The van der Waals surface area contributed by atoms with Gasteiger partial charge in [-0.2, -0.15) is 4.31 Å². The third-order valence-corrected chi connectivity index (χ3v) is 6.82. The van der Waals surface area contributed by atoms with E-state index < -0.39 is 10.0 Å². The van der Waals surface area contributed by atoms with Crippen molar-refractivity contribution in [3.8, 4) is 0 Å².